The molecule has 1 amide bonds. The Kier molecular flexibility index (Phi) is 5.33. The van der Waals surface area contributed by atoms with E-state index in [9.17, 15) is 26.7 Å². The van der Waals surface area contributed by atoms with Crippen molar-refractivity contribution >= 4 is 42.6 Å². The molecule has 3 aromatic rings. The summed E-state index contributed by atoms with van der Waals surface area (Å²) in [6.45, 7) is -0.341. The Morgan fingerprint density at radius 1 is 1.06 bits per heavy atom. The van der Waals surface area contributed by atoms with Crippen molar-refractivity contribution < 1.29 is 26.7 Å². The van der Waals surface area contributed by atoms with Crippen LogP contribution in [0.25, 0.3) is 10.8 Å². The maximum absolute atomic E-state index is 12.8. The number of amides is 1. The number of anilines is 1. The first-order valence-corrected chi connectivity index (χ1v) is 12.2. The zero-order valence-electron chi connectivity index (χ0n) is 16.1. The number of aromatic hydroxyl groups is 1. The van der Waals surface area contributed by atoms with Crippen LogP contribution in [-0.4, -0.2) is 40.9 Å². The number of fused-ring (bicyclic) bond motifs is 1. The van der Waals surface area contributed by atoms with Gasteiger partial charge in [0.25, 0.3) is 5.91 Å². The number of sulfonamides is 1. The van der Waals surface area contributed by atoms with Crippen LogP contribution >= 0.6 is 0 Å². The summed E-state index contributed by atoms with van der Waals surface area (Å²) in [6.07, 6.45) is 0.266. The molecule has 0 aliphatic carbocycles. The topological polar surface area (TPSA) is 133 Å². The molecule has 0 atom stereocenters. The monoisotopic (exact) mass is 461 g/mol. The Hall–Kier alpha value is -3.15. The first-order chi connectivity index (χ1) is 14.7. The lowest BCUT2D eigenvalue weighted by Crippen LogP contribution is -2.29. The molecule has 1 saturated heterocycles. The van der Waals surface area contributed by atoms with Crippen LogP contribution in [0.5, 0.6) is 5.75 Å². The van der Waals surface area contributed by atoms with Crippen LogP contribution in [0.3, 0.4) is 0 Å². The van der Waals surface area contributed by atoms with Gasteiger partial charge in [-0.3, -0.25) is 4.79 Å². The highest BCUT2D eigenvalue weighted by Crippen LogP contribution is 2.31. The largest absolute Gasteiger partial charge is 0.506 e. The van der Waals surface area contributed by atoms with Gasteiger partial charge >= 0.3 is 10.2 Å². The Labute approximate surface area is 179 Å². The molecule has 1 fully saturated rings. The first kappa shape index (κ1) is 21.1. The quantitative estimate of drug-likeness (QED) is 0.506. The smallest absolute Gasteiger partial charge is 0.326 e. The highest BCUT2D eigenvalue weighted by atomic mass is 32.2. The van der Waals surface area contributed by atoms with Crippen molar-refractivity contribution in [3.05, 3.63) is 66.2 Å². The van der Waals surface area contributed by atoms with Gasteiger partial charge in [0, 0.05) is 11.9 Å². The van der Waals surface area contributed by atoms with Crippen molar-refractivity contribution in [1.82, 2.24) is 9.44 Å². The van der Waals surface area contributed by atoms with Crippen LogP contribution in [0.15, 0.2) is 65.6 Å². The van der Waals surface area contributed by atoms with Crippen LogP contribution < -0.4 is 13.7 Å². The molecule has 31 heavy (non-hydrogen) atoms. The van der Waals surface area contributed by atoms with Gasteiger partial charge in [0.05, 0.1) is 10.6 Å². The lowest BCUT2D eigenvalue weighted by atomic mass is 10.1. The summed E-state index contributed by atoms with van der Waals surface area (Å²) < 4.78 is 54.5. The predicted octanol–water partition coefficient (Wildman–Crippen LogP) is 1.25. The van der Waals surface area contributed by atoms with Crippen molar-refractivity contribution in [3.8, 4) is 5.75 Å². The minimum absolute atomic E-state index is 0.0292. The summed E-state index contributed by atoms with van der Waals surface area (Å²) in [5.74, 6) is -1.01. The standard InChI is InChI=1S/C20H19N3O6S2/c24-18-12-14(8-9-17(18)23-13-20(25)22-31(23,28)29)10-11-21-30(26,27)19-7-3-5-15-4-1-2-6-16(15)19/h1-9,12,21,24H,10-11,13H2,(H,22,25). The lowest BCUT2D eigenvalue weighted by Gasteiger charge is -2.16. The molecule has 11 heteroatoms. The number of hydrogen-bond donors (Lipinski definition) is 3. The third kappa shape index (κ3) is 4.20. The summed E-state index contributed by atoms with van der Waals surface area (Å²) in [5.41, 5.74) is 0.566. The van der Waals surface area contributed by atoms with Gasteiger partial charge in [-0.15, -0.1) is 0 Å². The van der Waals surface area contributed by atoms with Crippen LogP contribution in [0.2, 0.25) is 0 Å². The second kappa shape index (κ2) is 7.84. The average molecular weight is 462 g/mol. The Morgan fingerprint density at radius 3 is 2.52 bits per heavy atom. The van der Waals surface area contributed by atoms with Gasteiger partial charge in [0.15, 0.2) is 0 Å². The van der Waals surface area contributed by atoms with E-state index in [0.717, 1.165) is 9.69 Å². The number of phenols is 1. The summed E-state index contributed by atoms with van der Waals surface area (Å²) >= 11 is 0. The maximum Gasteiger partial charge on any atom is 0.326 e. The zero-order chi connectivity index (χ0) is 22.2. The molecule has 0 radical (unpaired) electrons. The van der Waals surface area contributed by atoms with Gasteiger partial charge in [-0.2, -0.15) is 8.42 Å². The van der Waals surface area contributed by atoms with E-state index >= 15 is 0 Å². The molecule has 3 N–H and O–H groups in total. The van der Waals surface area contributed by atoms with E-state index in [1.54, 1.807) is 24.3 Å². The Morgan fingerprint density at radius 2 is 1.81 bits per heavy atom. The van der Waals surface area contributed by atoms with E-state index in [1.165, 1.54) is 18.2 Å². The van der Waals surface area contributed by atoms with Crippen molar-refractivity contribution in [2.24, 2.45) is 0 Å². The van der Waals surface area contributed by atoms with Crippen LogP contribution in [0.1, 0.15) is 5.56 Å². The summed E-state index contributed by atoms with van der Waals surface area (Å²) in [6, 6.07) is 16.5. The average Bonchev–Trinajstić information content (AvgIpc) is 2.99. The third-order valence-electron chi connectivity index (χ3n) is 4.87. The Balaban J connectivity index is 1.47. The molecule has 3 aromatic carbocycles. The summed E-state index contributed by atoms with van der Waals surface area (Å²) in [7, 11) is -7.78. The van der Waals surface area contributed by atoms with Crippen LogP contribution in [-0.2, 0) is 31.4 Å². The minimum Gasteiger partial charge on any atom is -0.506 e. The summed E-state index contributed by atoms with van der Waals surface area (Å²) in [5, 5.41) is 11.7. The van der Waals surface area contributed by atoms with Crippen LogP contribution in [0, 0.1) is 0 Å². The molecular formula is C20H19N3O6S2. The van der Waals surface area contributed by atoms with Gasteiger partial charge < -0.3 is 5.11 Å². The predicted molar refractivity (Wildman–Crippen MR) is 115 cm³/mol. The van der Waals surface area contributed by atoms with E-state index in [1.807, 2.05) is 22.9 Å². The Bertz CT molecular complexity index is 1380. The van der Waals surface area contributed by atoms with E-state index in [0.29, 0.717) is 10.9 Å². The molecule has 0 aromatic heterocycles. The second-order valence-corrected chi connectivity index (χ2v) is 10.3. The molecule has 162 valence electrons. The second-order valence-electron chi connectivity index (χ2n) is 6.99. The molecule has 0 bridgehead atoms. The summed E-state index contributed by atoms with van der Waals surface area (Å²) in [4.78, 5) is 11.6. The number of nitrogens with one attached hydrogen (secondary N) is 2. The van der Waals surface area contributed by atoms with Gasteiger partial charge in [0.1, 0.15) is 12.3 Å². The number of phenolic OH excluding ortho intramolecular Hbond substituents is 1. The van der Waals surface area contributed by atoms with Crippen LogP contribution in [0.4, 0.5) is 5.69 Å². The van der Waals surface area contributed by atoms with Crippen molar-refractivity contribution in [2.45, 2.75) is 11.3 Å². The molecule has 1 aliphatic rings. The number of nitrogens with zero attached hydrogens (tertiary/aromatic N) is 1. The fourth-order valence-corrected chi connectivity index (χ4v) is 5.86. The fourth-order valence-electron chi connectivity index (χ4n) is 3.43. The molecule has 9 nitrogen and oxygen atoms in total. The van der Waals surface area contributed by atoms with Crippen molar-refractivity contribution in [2.75, 3.05) is 17.4 Å². The van der Waals surface area contributed by atoms with Gasteiger partial charge in [-0.05, 0) is 35.6 Å². The SMILES string of the molecule is O=C1CN(c2ccc(CCNS(=O)(=O)c3cccc4ccccc34)cc2O)S(=O)(=O)N1. The van der Waals surface area contributed by atoms with E-state index in [2.05, 4.69) is 4.72 Å². The highest BCUT2D eigenvalue weighted by molar-refractivity contribution is 7.92. The minimum atomic E-state index is -4.03. The molecule has 0 saturated carbocycles. The van der Waals surface area contributed by atoms with Crippen molar-refractivity contribution in [3.63, 3.8) is 0 Å². The first-order valence-electron chi connectivity index (χ1n) is 9.30. The number of benzene rings is 3. The number of rotatable bonds is 6. The molecule has 1 aliphatic heterocycles. The van der Waals surface area contributed by atoms with Gasteiger partial charge in [-0.1, -0.05) is 42.5 Å². The molecule has 0 unspecified atom stereocenters. The fraction of sp³-hybridized carbons (Fsp3) is 0.150. The van der Waals surface area contributed by atoms with E-state index in [-0.39, 0.29) is 29.3 Å². The number of hydrogen-bond acceptors (Lipinski definition) is 6. The number of carbonyl (C=O) groups excluding carboxylic acids is 1. The number of carbonyl (C=O) groups is 1. The third-order valence-corrected chi connectivity index (χ3v) is 7.78. The van der Waals surface area contributed by atoms with E-state index in [4.69, 9.17) is 0 Å². The van der Waals surface area contributed by atoms with E-state index < -0.39 is 32.7 Å². The maximum atomic E-state index is 12.8. The molecule has 0 spiro atoms. The zero-order valence-corrected chi connectivity index (χ0v) is 17.8. The molecular weight excluding hydrogens is 442 g/mol. The lowest BCUT2D eigenvalue weighted by molar-refractivity contribution is -0.117. The van der Waals surface area contributed by atoms with Crippen molar-refractivity contribution in [1.29, 1.82) is 0 Å². The van der Waals surface area contributed by atoms with Gasteiger partial charge in [0.2, 0.25) is 10.0 Å². The normalized spacial score (nSPS) is 15.9. The van der Waals surface area contributed by atoms with Gasteiger partial charge in [-0.25, -0.2) is 22.2 Å². The molecule has 1 heterocycles. The highest BCUT2D eigenvalue weighted by Gasteiger charge is 2.35. The molecule has 4 rings (SSSR count).